The number of halogens is 1. The van der Waals surface area contributed by atoms with Gasteiger partial charge < -0.3 is 4.84 Å². The molecule has 0 bridgehead atoms. The standard InChI is InChI=1S/C23H26FN3O2/c1-4-23(25,5-2)29-26-16(3)15-20-21(17-9-7-6-8-10-17)27(22(20)28)19-13-11-18(24)12-14-19/h6-15,21H,4-5,25H2,1-3H3. The second kappa shape index (κ2) is 8.57. The first kappa shape index (κ1) is 20.7. The Morgan fingerprint density at radius 2 is 1.79 bits per heavy atom. The van der Waals surface area contributed by atoms with E-state index in [0.29, 0.717) is 29.8 Å². The van der Waals surface area contributed by atoms with Crippen LogP contribution in [0.15, 0.2) is 71.4 Å². The molecule has 0 saturated carbocycles. The summed E-state index contributed by atoms with van der Waals surface area (Å²) in [5.74, 6) is -0.490. The van der Waals surface area contributed by atoms with Gasteiger partial charge in [-0.2, -0.15) is 0 Å². The Bertz CT molecular complexity index is 919. The summed E-state index contributed by atoms with van der Waals surface area (Å²) >= 11 is 0. The molecule has 1 saturated heterocycles. The van der Waals surface area contributed by atoms with Crippen LogP contribution in [0.4, 0.5) is 10.1 Å². The van der Waals surface area contributed by atoms with E-state index >= 15 is 0 Å². The maximum Gasteiger partial charge on any atom is 0.257 e. The van der Waals surface area contributed by atoms with Crippen molar-refractivity contribution < 1.29 is 14.0 Å². The van der Waals surface area contributed by atoms with Crippen molar-refractivity contribution in [1.29, 1.82) is 0 Å². The lowest BCUT2D eigenvalue weighted by Crippen LogP contribution is -2.49. The molecule has 1 atom stereocenters. The molecule has 1 unspecified atom stereocenters. The number of hydrogen-bond donors (Lipinski definition) is 1. The van der Waals surface area contributed by atoms with Crippen LogP contribution in [-0.2, 0) is 9.63 Å². The third kappa shape index (κ3) is 4.38. The van der Waals surface area contributed by atoms with Gasteiger partial charge in [0.15, 0.2) is 5.72 Å². The van der Waals surface area contributed by atoms with E-state index in [1.165, 1.54) is 12.1 Å². The van der Waals surface area contributed by atoms with Gasteiger partial charge in [0.25, 0.3) is 5.91 Å². The normalized spacial score (nSPS) is 18.7. The Morgan fingerprint density at radius 3 is 2.38 bits per heavy atom. The monoisotopic (exact) mass is 395 g/mol. The molecule has 1 fully saturated rings. The molecular weight excluding hydrogens is 369 g/mol. The molecule has 1 amide bonds. The Morgan fingerprint density at radius 1 is 1.17 bits per heavy atom. The summed E-state index contributed by atoms with van der Waals surface area (Å²) in [5, 5.41) is 4.13. The van der Waals surface area contributed by atoms with Gasteiger partial charge >= 0.3 is 0 Å². The van der Waals surface area contributed by atoms with Crippen LogP contribution in [0.1, 0.15) is 45.2 Å². The topological polar surface area (TPSA) is 67.9 Å². The number of β-lactam (4-membered cyclic amide) rings is 1. The molecule has 2 aromatic carbocycles. The number of hydrogen-bond acceptors (Lipinski definition) is 4. The highest BCUT2D eigenvalue weighted by molar-refractivity contribution is 6.18. The first-order valence-corrected chi connectivity index (χ1v) is 9.76. The highest BCUT2D eigenvalue weighted by Gasteiger charge is 2.43. The molecule has 2 N–H and O–H groups in total. The maximum atomic E-state index is 13.3. The van der Waals surface area contributed by atoms with Crippen molar-refractivity contribution in [3.63, 3.8) is 0 Å². The summed E-state index contributed by atoms with van der Waals surface area (Å²) in [6.45, 7) is 5.65. The minimum Gasteiger partial charge on any atom is -0.373 e. The number of nitrogens with two attached hydrogens (primary N) is 1. The highest BCUT2D eigenvalue weighted by atomic mass is 19.1. The van der Waals surface area contributed by atoms with E-state index in [0.717, 1.165) is 5.56 Å². The van der Waals surface area contributed by atoms with Crippen molar-refractivity contribution in [1.82, 2.24) is 0 Å². The second-order valence-electron chi connectivity index (χ2n) is 7.16. The molecule has 0 spiro atoms. The van der Waals surface area contributed by atoms with E-state index in [-0.39, 0.29) is 17.8 Å². The molecule has 152 valence electrons. The van der Waals surface area contributed by atoms with Gasteiger partial charge in [0.05, 0.1) is 11.8 Å². The lowest BCUT2D eigenvalue weighted by Gasteiger charge is -2.43. The zero-order chi connectivity index (χ0) is 21.0. The number of amides is 1. The van der Waals surface area contributed by atoms with Crippen LogP contribution in [-0.4, -0.2) is 17.3 Å². The minimum absolute atomic E-state index is 0.148. The third-order valence-corrected chi connectivity index (χ3v) is 5.17. The van der Waals surface area contributed by atoms with Crippen molar-refractivity contribution in [2.75, 3.05) is 4.90 Å². The van der Waals surface area contributed by atoms with Crippen LogP contribution >= 0.6 is 0 Å². The molecule has 2 aromatic rings. The Hall–Kier alpha value is -2.99. The minimum atomic E-state index is -0.817. The number of carbonyl (C=O) groups is 1. The molecule has 29 heavy (non-hydrogen) atoms. The van der Waals surface area contributed by atoms with Gasteiger partial charge in [-0.1, -0.05) is 49.3 Å². The number of oxime groups is 1. The predicted molar refractivity (Wildman–Crippen MR) is 113 cm³/mol. The Balaban J connectivity index is 1.92. The van der Waals surface area contributed by atoms with Gasteiger partial charge in [0, 0.05) is 24.1 Å². The Kier molecular flexibility index (Phi) is 6.13. The van der Waals surface area contributed by atoms with E-state index in [4.69, 9.17) is 10.6 Å². The first-order chi connectivity index (χ1) is 13.9. The summed E-state index contributed by atoms with van der Waals surface area (Å²) in [6.07, 6.45) is 2.98. The summed E-state index contributed by atoms with van der Waals surface area (Å²) in [7, 11) is 0. The fraction of sp³-hybridized carbons (Fsp3) is 0.304. The fourth-order valence-electron chi connectivity index (χ4n) is 3.21. The van der Waals surface area contributed by atoms with Crippen molar-refractivity contribution in [3.05, 3.63) is 77.6 Å². The third-order valence-electron chi connectivity index (χ3n) is 5.17. The molecule has 1 aliphatic heterocycles. The van der Waals surface area contributed by atoms with E-state index in [2.05, 4.69) is 5.16 Å². The highest BCUT2D eigenvalue weighted by Crippen LogP contribution is 2.43. The van der Waals surface area contributed by atoms with Gasteiger partial charge in [-0.15, -0.1) is 0 Å². The molecular formula is C23H26FN3O2. The van der Waals surface area contributed by atoms with Gasteiger partial charge in [-0.25, -0.2) is 4.39 Å². The SMILES string of the molecule is CCC(N)(CC)ON=C(C)C=C1C(=O)N(c2ccc(F)cc2)C1c1ccccc1. The lowest BCUT2D eigenvalue weighted by atomic mass is 9.86. The van der Waals surface area contributed by atoms with E-state index < -0.39 is 5.72 Å². The molecule has 6 heteroatoms. The van der Waals surface area contributed by atoms with Crippen LogP contribution < -0.4 is 10.6 Å². The first-order valence-electron chi connectivity index (χ1n) is 9.76. The Labute approximate surface area is 170 Å². The summed E-state index contributed by atoms with van der Waals surface area (Å²) in [4.78, 5) is 20.1. The number of carbonyl (C=O) groups excluding carboxylic acids is 1. The summed E-state index contributed by atoms with van der Waals surface area (Å²) < 4.78 is 13.3. The van der Waals surface area contributed by atoms with Crippen LogP contribution in [0.25, 0.3) is 0 Å². The van der Waals surface area contributed by atoms with Crippen LogP contribution in [0.2, 0.25) is 0 Å². The van der Waals surface area contributed by atoms with Gasteiger partial charge in [-0.05, 0) is 42.8 Å². The van der Waals surface area contributed by atoms with Crippen LogP contribution in [0.5, 0.6) is 0 Å². The molecule has 5 nitrogen and oxygen atoms in total. The fourth-order valence-corrected chi connectivity index (χ4v) is 3.21. The molecule has 0 aliphatic carbocycles. The van der Waals surface area contributed by atoms with E-state index in [1.807, 2.05) is 44.2 Å². The lowest BCUT2D eigenvalue weighted by molar-refractivity contribution is -0.119. The summed E-state index contributed by atoms with van der Waals surface area (Å²) in [6, 6.07) is 15.3. The average Bonchev–Trinajstić information content (AvgIpc) is 2.75. The predicted octanol–water partition coefficient (Wildman–Crippen LogP) is 4.71. The quantitative estimate of drug-likeness (QED) is 0.243. The second-order valence-corrected chi connectivity index (χ2v) is 7.16. The molecule has 1 heterocycles. The largest absolute Gasteiger partial charge is 0.373 e. The van der Waals surface area contributed by atoms with Crippen molar-refractivity contribution in [2.45, 2.75) is 45.4 Å². The smallest absolute Gasteiger partial charge is 0.257 e. The number of rotatable bonds is 7. The van der Waals surface area contributed by atoms with E-state index in [9.17, 15) is 9.18 Å². The number of nitrogens with zero attached hydrogens (tertiary/aromatic N) is 2. The van der Waals surface area contributed by atoms with Crippen molar-refractivity contribution >= 4 is 17.3 Å². The number of allylic oxidation sites excluding steroid dienone is 1. The average molecular weight is 395 g/mol. The van der Waals surface area contributed by atoms with Gasteiger partial charge in [0.2, 0.25) is 0 Å². The zero-order valence-corrected chi connectivity index (χ0v) is 16.9. The van der Waals surface area contributed by atoms with Crippen molar-refractivity contribution in [3.8, 4) is 0 Å². The van der Waals surface area contributed by atoms with Gasteiger partial charge in [-0.3, -0.25) is 15.4 Å². The van der Waals surface area contributed by atoms with Crippen LogP contribution in [0, 0.1) is 5.82 Å². The number of benzene rings is 2. The molecule has 3 rings (SSSR count). The van der Waals surface area contributed by atoms with Crippen molar-refractivity contribution in [2.24, 2.45) is 10.9 Å². The maximum absolute atomic E-state index is 13.3. The summed E-state index contributed by atoms with van der Waals surface area (Å²) in [5.41, 5.74) is 8.07. The molecule has 0 radical (unpaired) electrons. The number of anilines is 1. The molecule has 0 aromatic heterocycles. The van der Waals surface area contributed by atoms with Crippen LogP contribution in [0.3, 0.4) is 0 Å². The zero-order valence-electron chi connectivity index (χ0n) is 16.9. The van der Waals surface area contributed by atoms with E-state index in [1.54, 1.807) is 30.0 Å². The molecule has 1 aliphatic rings. The van der Waals surface area contributed by atoms with Gasteiger partial charge in [0.1, 0.15) is 5.82 Å².